The van der Waals surface area contributed by atoms with E-state index in [0.29, 0.717) is 6.42 Å². The van der Waals surface area contributed by atoms with Crippen molar-refractivity contribution in [1.82, 2.24) is 0 Å². The van der Waals surface area contributed by atoms with Crippen LogP contribution in [-0.4, -0.2) is 15.9 Å². The third-order valence-electron chi connectivity index (χ3n) is 1.64. The summed E-state index contributed by atoms with van der Waals surface area (Å²) < 4.78 is 4.83. The molecule has 0 aromatic heterocycles. The standard InChI is InChI=1S/C9H13O3P/c1-8(12-13(10)11)7-9-5-3-2-4-6-9/h2-6,8,10-11H,7H2,1H3. The SMILES string of the molecule is CC(Cc1ccccc1)OP(O)O. The Kier molecular flexibility index (Phi) is 4.33. The molecule has 1 rings (SSSR count). The van der Waals surface area contributed by atoms with Crippen molar-refractivity contribution in [1.29, 1.82) is 0 Å². The van der Waals surface area contributed by atoms with E-state index in [-0.39, 0.29) is 6.10 Å². The maximum Gasteiger partial charge on any atom is 0.327 e. The molecule has 1 unspecified atom stereocenters. The molecule has 0 amide bonds. The Bertz CT molecular complexity index is 238. The summed E-state index contributed by atoms with van der Waals surface area (Å²) in [4.78, 5) is 17.2. The fourth-order valence-corrected chi connectivity index (χ4v) is 1.54. The highest BCUT2D eigenvalue weighted by Gasteiger charge is 2.08. The quantitative estimate of drug-likeness (QED) is 0.729. The maximum atomic E-state index is 8.60. The average Bonchev–Trinajstić information content (AvgIpc) is 2.04. The van der Waals surface area contributed by atoms with Crippen LogP contribution in [0.25, 0.3) is 0 Å². The van der Waals surface area contributed by atoms with Crippen LogP contribution in [0.1, 0.15) is 12.5 Å². The van der Waals surface area contributed by atoms with Crippen molar-refractivity contribution < 1.29 is 14.3 Å². The third kappa shape index (κ3) is 4.34. The second-order valence-corrected chi connectivity index (χ2v) is 3.57. The van der Waals surface area contributed by atoms with E-state index in [4.69, 9.17) is 14.3 Å². The molecule has 72 valence electrons. The smallest absolute Gasteiger partial charge is 0.327 e. The lowest BCUT2D eigenvalue weighted by Crippen LogP contribution is -2.08. The van der Waals surface area contributed by atoms with Gasteiger partial charge in [0.15, 0.2) is 0 Å². The molecule has 0 aliphatic rings. The molecule has 1 aromatic rings. The molecule has 0 bridgehead atoms. The van der Waals surface area contributed by atoms with Gasteiger partial charge in [-0.05, 0) is 18.9 Å². The first-order valence-corrected chi connectivity index (χ1v) is 5.23. The van der Waals surface area contributed by atoms with Crippen molar-refractivity contribution in [3.05, 3.63) is 35.9 Å². The second-order valence-electron chi connectivity index (χ2n) is 2.86. The fraction of sp³-hybridized carbons (Fsp3) is 0.333. The highest BCUT2D eigenvalue weighted by molar-refractivity contribution is 7.39. The van der Waals surface area contributed by atoms with Gasteiger partial charge in [-0.3, -0.25) is 0 Å². The van der Waals surface area contributed by atoms with Crippen LogP contribution in [0.3, 0.4) is 0 Å². The molecule has 0 saturated carbocycles. The molecule has 2 N–H and O–H groups in total. The minimum Gasteiger partial charge on any atom is -0.328 e. The van der Waals surface area contributed by atoms with E-state index in [1.54, 1.807) is 0 Å². The molecule has 0 saturated heterocycles. The van der Waals surface area contributed by atoms with Crippen LogP contribution in [0.4, 0.5) is 0 Å². The Labute approximate surface area is 79.0 Å². The summed E-state index contributed by atoms with van der Waals surface area (Å²) in [5.41, 5.74) is 1.13. The van der Waals surface area contributed by atoms with E-state index in [1.807, 2.05) is 37.3 Å². The Hall–Kier alpha value is -0.470. The summed E-state index contributed by atoms with van der Waals surface area (Å²) in [6.45, 7) is 1.81. The summed E-state index contributed by atoms with van der Waals surface area (Å²) in [6.07, 6.45) is 0.532. The molecule has 0 spiro atoms. The minimum absolute atomic E-state index is 0.163. The highest BCUT2D eigenvalue weighted by atomic mass is 31.2. The average molecular weight is 200 g/mol. The molecular formula is C9H13O3P. The number of hydrogen-bond donors (Lipinski definition) is 2. The lowest BCUT2D eigenvalue weighted by atomic mass is 10.1. The molecule has 1 atom stereocenters. The number of hydrogen-bond acceptors (Lipinski definition) is 3. The van der Waals surface area contributed by atoms with Crippen molar-refractivity contribution in [2.24, 2.45) is 0 Å². The van der Waals surface area contributed by atoms with Crippen molar-refractivity contribution in [3.63, 3.8) is 0 Å². The van der Waals surface area contributed by atoms with E-state index >= 15 is 0 Å². The van der Waals surface area contributed by atoms with E-state index in [2.05, 4.69) is 0 Å². The zero-order valence-corrected chi connectivity index (χ0v) is 8.32. The van der Waals surface area contributed by atoms with Crippen LogP contribution in [0.5, 0.6) is 0 Å². The highest BCUT2D eigenvalue weighted by Crippen LogP contribution is 2.27. The first kappa shape index (κ1) is 10.6. The van der Waals surface area contributed by atoms with Gasteiger partial charge < -0.3 is 14.3 Å². The van der Waals surface area contributed by atoms with Gasteiger partial charge in [-0.2, -0.15) is 0 Å². The molecule has 0 heterocycles. The van der Waals surface area contributed by atoms with Crippen LogP contribution in [0.15, 0.2) is 30.3 Å². The molecule has 0 aliphatic carbocycles. The predicted octanol–water partition coefficient (Wildman–Crippen LogP) is 1.85. The van der Waals surface area contributed by atoms with Gasteiger partial charge in [-0.1, -0.05) is 30.3 Å². The minimum atomic E-state index is -2.24. The summed E-state index contributed by atoms with van der Waals surface area (Å²) in [6, 6.07) is 9.80. The van der Waals surface area contributed by atoms with E-state index in [1.165, 1.54) is 0 Å². The monoisotopic (exact) mass is 200 g/mol. The van der Waals surface area contributed by atoms with Gasteiger partial charge >= 0.3 is 8.60 Å². The van der Waals surface area contributed by atoms with Crippen LogP contribution >= 0.6 is 8.60 Å². The zero-order valence-electron chi connectivity index (χ0n) is 7.42. The van der Waals surface area contributed by atoms with Crippen molar-refractivity contribution in [3.8, 4) is 0 Å². The Balaban J connectivity index is 2.41. The molecule has 0 aliphatic heterocycles. The van der Waals surface area contributed by atoms with Crippen LogP contribution in [-0.2, 0) is 10.9 Å². The molecule has 13 heavy (non-hydrogen) atoms. The Morgan fingerprint density at radius 1 is 1.31 bits per heavy atom. The second kappa shape index (κ2) is 5.30. The van der Waals surface area contributed by atoms with Crippen molar-refractivity contribution >= 4 is 8.60 Å². The van der Waals surface area contributed by atoms with Crippen LogP contribution < -0.4 is 0 Å². The first-order valence-electron chi connectivity index (χ1n) is 4.07. The number of rotatable bonds is 4. The molecule has 3 nitrogen and oxygen atoms in total. The molecule has 0 fully saturated rings. The Morgan fingerprint density at radius 3 is 2.46 bits per heavy atom. The van der Waals surface area contributed by atoms with E-state index < -0.39 is 8.60 Å². The van der Waals surface area contributed by atoms with Gasteiger partial charge in [-0.25, -0.2) is 0 Å². The van der Waals surface area contributed by atoms with Gasteiger partial charge in [-0.15, -0.1) is 0 Å². The summed E-state index contributed by atoms with van der Waals surface area (Å²) >= 11 is 0. The molecule has 1 aromatic carbocycles. The predicted molar refractivity (Wildman–Crippen MR) is 52.1 cm³/mol. The largest absolute Gasteiger partial charge is 0.328 e. The zero-order chi connectivity index (χ0) is 9.68. The lowest BCUT2D eigenvalue weighted by molar-refractivity contribution is 0.186. The number of benzene rings is 1. The van der Waals surface area contributed by atoms with Crippen molar-refractivity contribution in [2.75, 3.05) is 0 Å². The van der Waals surface area contributed by atoms with Gasteiger partial charge in [0.25, 0.3) is 0 Å². The van der Waals surface area contributed by atoms with E-state index in [9.17, 15) is 0 Å². The maximum absolute atomic E-state index is 8.60. The van der Waals surface area contributed by atoms with Gasteiger partial charge in [0, 0.05) is 0 Å². The molecule has 0 radical (unpaired) electrons. The van der Waals surface area contributed by atoms with Crippen LogP contribution in [0, 0.1) is 0 Å². The van der Waals surface area contributed by atoms with E-state index in [0.717, 1.165) is 5.56 Å². The summed E-state index contributed by atoms with van der Waals surface area (Å²) in [5, 5.41) is 0. The van der Waals surface area contributed by atoms with Crippen LogP contribution in [0.2, 0.25) is 0 Å². The first-order chi connectivity index (χ1) is 6.18. The van der Waals surface area contributed by atoms with Gasteiger partial charge in [0.05, 0.1) is 6.10 Å². The molecule has 4 heteroatoms. The molecular weight excluding hydrogens is 187 g/mol. The Morgan fingerprint density at radius 2 is 1.92 bits per heavy atom. The topological polar surface area (TPSA) is 49.7 Å². The third-order valence-corrected chi connectivity index (χ3v) is 2.19. The normalized spacial score (nSPS) is 13.2. The summed E-state index contributed by atoms with van der Waals surface area (Å²) in [7, 11) is -2.24. The van der Waals surface area contributed by atoms with Crippen molar-refractivity contribution in [2.45, 2.75) is 19.4 Å². The summed E-state index contributed by atoms with van der Waals surface area (Å²) in [5.74, 6) is 0. The van der Waals surface area contributed by atoms with Gasteiger partial charge in [0.1, 0.15) is 0 Å². The van der Waals surface area contributed by atoms with Gasteiger partial charge in [0.2, 0.25) is 0 Å². The lowest BCUT2D eigenvalue weighted by Gasteiger charge is -2.12. The fourth-order valence-electron chi connectivity index (χ4n) is 1.14.